The maximum atomic E-state index is 13.6. The highest BCUT2D eigenvalue weighted by atomic mass is 19.1. The molecule has 0 amide bonds. The van der Waals surface area contributed by atoms with Crippen molar-refractivity contribution in [2.24, 2.45) is 23.7 Å². The molecule has 0 unspecified atom stereocenters. The first-order chi connectivity index (χ1) is 51.4. The van der Waals surface area contributed by atoms with Gasteiger partial charge in [-0.3, -0.25) is 40.8 Å². The van der Waals surface area contributed by atoms with Crippen molar-refractivity contribution >= 4 is 43.6 Å². The van der Waals surface area contributed by atoms with Crippen molar-refractivity contribution < 1.29 is 18.6 Å². The Balaban J connectivity index is 0.000000119. The lowest BCUT2D eigenvalue weighted by Crippen LogP contribution is -1.95. The Morgan fingerprint density at radius 2 is 0.736 bits per heavy atom. The van der Waals surface area contributed by atoms with E-state index in [4.69, 9.17) is 14.2 Å². The first-order valence-electron chi connectivity index (χ1n) is 35.6. The molecule has 1 aliphatic heterocycles. The lowest BCUT2D eigenvalue weighted by molar-refractivity contribution is 0.357. The summed E-state index contributed by atoms with van der Waals surface area (Å²) in [4.78, 5) is 22.8. The molecule has 0 fully saturated rings. The molecule has 7 aromatic carbocycles. The number of hydrogen-bond acceptors (Lipinski definition) is 16. The predicted octanol–water partition coefficient (Wildman–Crippen LogP) is 17.0. The number of fused-ring (bicyclic) bond motifs is 5. The normalized spacial score (nSPS) is 11.9. The van der Waals surface area contributed by atoms with Crippen LogP contribution >= 0.6 is 0 Å². The van der Waals surface area contributed by atoms with E-state index in [0.29, 0.717) is 52.6 Å². The summed E-state index contributed by atoms with van der Waals surface area (Å²) in [6.07, 6.45) is 6.23. The highest BCUT2D eigenvalue weighted by Crippen LogP contribution is 2.37. The molecule has 10 heterocycles. The third-order valence-corrected chi connectivity index (χ3v) is 18.1. The van der Waals surface area contributed by atoms with Crippen LogP contribution in [-0.4, -0.2) is 127 Å². The second-order valence-corrected chi connectivity index (χ2v) is 28.3. The van der Waals surface area contributed by atoms with Crippen LogP contribution in [0, 0.1) is 43.3 Å². The first kappa shape index (κ1) is 70.5. The minimum absolute atomic E-state index is 0.215. The van der Waals surface area contributed by atoms with Crippen molar-refractivity contribution in [3.63, 3.8) is 0 Å². The van der Waals surface area contributed by atoms with E-state index in [2.05, 4.69) is 198 Å². The third-order valence-electron chi connectivity index (χ3n) is 18.1. The molecule has 0 aliphatic carbocycles. The van der Waals surface area contributed by atoms with Crippen LogP contribution in [0.4, 0.5) is 4.39 Å². The predicted molar refractivity (Wildman–Crippen MR) is 411 cm³/mol. The number of nitrogens with one attached hydrogen (secondary N) is 8. The minimum Gasteiger partial charge on any atom is -0.496 e. The zero-order valence-corrected chi connectivity index (χ0v) is 61.3. The average Bonchev–Trinajstić information content (AvgIpc) is 1.64. The molecule has 8 N–H and O–H groups in total. The molecule has 9 aromatic heterocycles. The van der Waals surface area contributed by atoms with Gasteiger partial charge in [0.1, 0.15) is 46.3 Å². The standard InChI is InChI=1S/C21H21N5O.C21H23N5O.C20H20FN5.C19H20N6O/c1-12(2)9-19-22-21(26-24-19)15-3-5-17-16(11-15)20(25-23-17)14-4-6-18-13(10-14)7-8-27-18;1-12(2)9-19-22-21(26-24-19)15-5-7-17-16(11-15)20(25-23-17)14-6-8-18(27-4)13(3)10-14;1-11(2)8-18-22-20(26-24-18)14-5-7-17-15(10-14)19(25-23-17)13-4-6-16(21)12(3)9-13;1-11(2)8-16-21-19(25-23-16)12-4-6-15-14(9-12)18(24-22-15)13-5-7-17(26-3)20-10-13/h3-6,10-12H,7-9H2,1-2H3,(H,23,25)(H,22,24,26);5-8,10-12H,9H2,1-4H3,(H,23,25)(H,22,24,26);4-7,9-11H,8H2,1-3H3,(H,23,25)(H,22,24,26);4-7,9-11H,8H2,1-3H3,(H,22,24)(H,21,23,25). The molecule has 0 saturated heterocycles. The number of rotatable bonds is 18. The summed E-state index contributed by atoms with van der Waals surface area (Å²) in [5.74, 6) is 10.8. The van der Waals surface area contributed by atoms with Gasteiger partial charge in [0.2, 0.25) is 5.88 Å². The Morgan fingerprint density at radius 3 is 1.09 bits per heavy atom. The van der Waals surface area contributed by atoms with Crippen molar-refractivity contribution in [2.45, 2.75) is 101 Å². The van der Waals surface area contributed by atoms with Crippen LogP contribution in [0.5, 0.6) is 17.4 Å². The second kappa shape index (κ2) is 30.8. The van der Waals surface area contributed by atoms with E-state index in [9.17, 15) is 4.39 Å². The van der Waals surface area contributed by atoms with Gasteiger partial charge in [-0.25, -0.2) is 29.3 Å². The quantitative estimate of drug-likeness (QED) is 0.0396. The number of aryl methyl sites for hydroxylation is 2. The van der Waals surface area contributed by atoms with E-state index in [0.717, 1.165) is 196 Å². The number of methoxy groups -OCH3 is 2. The number of benzene rings is 7. The molecule has 16 aromatic rings. The number of nitrogens with zero attached hydrogens (tertiary/aromatic N) is 13. The lowest BCUT2D eigenvalue weighted by atomic mass is 10.0. The summed E-state index contributed by atoms with van der Waals surface area (Å²) >= 11 is 0. The topological polar surface area (TPSA) is 322 Å². The van der Waals surface area contributed by atoms with Crippen LogP contribution in [-0.2, 0) is 32.1 Å². The Bertz CT molecular complexity index is 5720. The van der Waals surface area contributed by atoms with Gasteiger partial charge < -0.3 is 14.2 Å². The van der Waals surface area contributed by atoms with Gasteiger partial charge in [0.25, 0.3) is 0 Å². The summed E-state index contributed by atoms with van der Waals surface area (Å²) in [6.45, 7) is 21.9. The van der Waals surface area contributed by atoms with Gasteiger partial charge in [-0.15, -0.1) is 0 Å². The van der Waals surface area contributed by atoms with Crippen molar-refractivity contribution in [1.82, 2.24) is 106 Å². The van der Waals surface area contributed by atoms with Crippen molar-refractivity contribution in [3.8, 4) is 108 Å². The summed E-state index contributed by atoms with van der Waals surface area (Å²) < 4.78 is 29.7. The Morgan fingerprint density at radius 1 is 0.377 bits per heavy atom. The molecule has 17 rings (SSSR count). The van der Waals surface area contributed by atoms with Crippen molar-refractivity contribution in [1.29, 1.82) is 0 Å². The monoisotopic (exact) mass is 1420 g/mol. The van der Waals surface area contributed by atoms with Gasteiger partial charge >= 0.3 is 0 Å². The van der Waals surface area contributed by atoms with Crippen LogP contribution in [0.15, 0.2) is 146 Å². The highest BCUT2D eigenvalue weighted by molar-refractivity contribution is 5.98. The van der Waals surface area contributed by atoms with Crippen LogP contribution in [0.1, 0.15) is 95.4 Å². The molecular formula is C81H84FN21O3. The molecule has 1 aliphatic rings. The third kappa shape index (κ3) is 15.7. The molecule has 106 heavy (non-hydrogen) atoms. The van der Waals surface area contributed by atoms with E-state index in [1.807, 2.05) is 97.9 Å². The van der Waals surface area contributed by atoms with Crippen LogP contribution in [0.25, 0.3) is 134 Å². The van der Waals surface area contributed by atoms with E-state index >= 15 is 0 Å². The lowest BCUT2D eigenvalue weighted by Gasteiger charge is -2.06. The molecule has 0 atom stereocenters. The van der Waals surface area contributed by atoms with Crippen LogP contribution < -0.4 is 14.2 Å². The largest absolute Gasteiger partial charge is 0.496 e. The number of H-pyrrole nitrogens is 8. The number of aromatic nitrogens is 21. The molecule has 0 radical (unpaired) electrons. The number of ether oxygens (including phenoxy) is 3. The molecule has 538 valence electrons. The van der Waals surface area contributed by atoms with Crippen molar-refractivity contribution in [3.05, 3.63) is 192 Å². The van der Waals surface area contributed by atoms with Gasteiger partial charge in [0, 0.05) is 110 Å². The number of pyridine rings is 1. The Hall–Kier alpha value is -12.5. The fourth-order valence-electron chi connectivity index (χ4n) is 12.9. The van der Waals surface area contributed by atoms with Gasteiger partial charge in [-0.2, -0.15) is 40.8 Å². The molecule has 0 bridgehead atoms. The van der Waals surface area contributed by atoms with Gasteiger partial charge in [0.05, 0.1) is 60.0 Å². The van der Waals surface area contributed by atoms with Crippen LogP contribution in [0.3, 0.4) is 0 Å². The molecular weight excluding hydrogens is 1330 g/mol. The van der Waals surface area contributed by atoms with Gasteiger partial charge in [-0.05, 0) is 188 Å². The summed E-state index contributed by atoms with van der Waals surface area (Å²) in [5, 5.41) is 64.0. The van der Waals surface area contributed by atoms with E-state index in [1.165, 1.54) is 11.6 Å². The zero-order valence-electron chi connectivity index (χ0n) is 61.3. The maximum Gasteiger partial charge on any atom is 0.212 e. The maximum absolute atomic E-state index is 13.6. The fraction of sp³-hybridized carbons (Fsp3) is 0.272. The van der Waals surface area contributed by atoms with Gasteiger partial charge in [0.15, 0.2) is 23.3 Å². The average molecular weight is 1420 g/mol. The van der Waals surface area contributed by atoms with E-state index in [-0.39, 0.29) is 5.82 Å². The number of aromatic amines is 8. The van der Waals surface area contributed by atoms with E-state index < -0.39 is 0 Å². The van der Waals surface area contributed by atoms with Crippen LogP contribution in [0.2, 0.25) is 0 Å². The molecule has 0 spiro atoms. The van der Waals surface area contributed by atoms with E-state index in [1.54, 1.807) is 33.4 Å². The Labute approximate surface area is 611 Å². The molecule has 25 heteroatoms. The smallest absolute Gasteiger partial charge is 0.212 e. The van der Waals surface area contributed by atoms with Gasteiger partial charge in [-0.1, -0.05) is 55.4 Å². The Kier molecular flexibility index (Phi) is 20.5. The summed E-state index contributed by atoms with van der Waals surface area (Å²) in [6, 6.07) is 45.5. The minimum atomic E-state index is -0.215. The first-order valence-corrected chi connectivity index (χ1v) is 35.6. The summed E-state index contributed by atoms with van der Waals surface area (Å²) in [5.41, 5.74) is 18.1. The number of hydrogen-bond donors (Lipinski definition) is 8. The number of halogens is 1. The second-order valence-electron chi connectivity index (χ2n) is 28.3. The van der Waals surface area contributed by atoms with Crippen molar-refractivity contribution in [2.75, 3.05) is 20.8 Å². The molecule has 24 nitrogen and oxygen atoms in total. The summed E-state index contributed by atoms with van der Waals surface area (Å²) in [7, 11) is 3.28. The molecule has 0 saturated carbocycles. The highest BCUT2D eigenvalue weighted by Gasteiger charge is 2.21. The fourth-order valence-corrected chi connectivity index (χ4v) is 12.9. The zero-order chi connectivity index (χ0) is 73.7. The SMILES string of the molecule is CC(C)Cc1nc(-c2ccc3[nH]nc(-c4ccc5c(c4)CCO5)c3c2)n[nH]1.COc1ccc(-c2n[nH]c3ccc(-c4n[nH]c(CC(C)C)n4)cc23)cc1C.COc1ccc(-c2n[nH]c3ccc(-c4n[nH]c(CC(C)C)n4)cc23)cn1.Cc1cc(-c2n[nH]c3ccc(-c4n[nH]c(CC(C)C)n4)cc23)ccc1F.